The number of hydrogen-bond acceptors (Lipinski definition) is 5. The fourth-order valence-electron chi connectivity index (χ4n) is 3.18. The number of nitrogens with two attached hydrogens (primary N) is 1. The first-order valence-electron chi connectivity index (χ1n) is 8.90. The molecule has 4 N–H and O–H groups in total. The third-order valence-corrected chi connectivity index (χ3v) is 4.57. The highest BCUT2D eigenvalue weighted by Gasteiger charge is 2.32. The van der Waals surface area contributed by atoms with Crippen LogP contribution in [-0.2, 0) is 17.4 Å². The Morgan fingerprint density at radius 1 is 1.32 bits per heavy atom. The van der Waals surface area contributed by atoms with Crippen molar-refractivity contribution < 1.29 is 18.0 Å². The molecule has 3 rings (SSSR count). The van der Waals surface area contributed by atoms with Gasteiger partial charge in [0, 0.05) is 16.9 Å². The number of nitrogens with one attached hydrogen (secondary N) is 2. The van der Waals surface area contributed by atoms with Crippen molar-refractivity contribution in [3.63, 3.8) is 0 Å². The molecule has 2 heterocycles. The van der Waals surface area contributed by atoms with Gasteiger partial charge in [0.1, 0.15) is 18.1 Å². The zero-order valence-electron chi connectivity index (χ0n) is 15.3. The van der Waals surface area contributed by atoms with E-state index in [2.05, 4.69) is 15.6 Å². The molecule has 1 aromatic heterocycles. The number of nitrogens with zero attached hydrogens (tertiary/aromatic N) is 1. The molecule has 0 radical (unpaired) electrons. The number of aldehydes is 1. The third-order valence-electron chi connectivity index (χ3n) is 4.57. The topological polar surface area (TPSA) is 80.0 Å². The second-order valence-corrected chi connectivity index (χ2v) is 6.62. The summed E-state index contributed by atoms with van der Waals surface area (Å²) in [6, 6.07) is 5.27. The van der Waals surface area contributed by atoms with E-state index in [1.807, 2.05) is 12.1 Å². The molecule has 0 aliphatic carbocycles. The second-order valence-electron chi connectivity index (χ2n) is 6.62. The Kier molecular flexibility index (Phi) is 5.69. The van der Waals surface area contributed by atoms with Crippen molar-refractivity contribution in [3.05, 3.63) is 58.4 Å². The van der Waals surface area contributed by atoms with Crippen LogP contribution in [0.4, 0.5) is 24.7 Å². The predicted molar refractivity (Wildman–Crippen MR) is 102 cm³/mol. The number of benzene rings is 1. The number of hydrogen-bond donors (Lipinski definition) is 3. The third kappa shape index (κ3) is 4.17. The Balaban J connectivity index is 2.05. The van der Waals surface area contributed by atoms with Gasteiger partial charge in [-0.2, -0.15) is 13.2 Å². The lowest BCUT2D eigenvalue weighted by atomic mass is 9.97. The molecule has 148 valence electrons. The van der Waals surface area contributed by atoms with Crippen LogP contribution in [0.2, 0.25) is 0 Å². The first-order chi connectivity index (χ1) is 13.3. The van der Waals surface area contributed by atoms with Crippen molar-refractivity contribution in [2.75, 3.05) is 11.9 Å². The van der Waals surface area contributed by atoms with Crippen molar-refractivity contribution in [1.82, 2.24) is 10.3 Å². The highest BCUT2D eigenvalue weighted by molar-refractivity contribution is 5.77. The van der Waals surface area contributed by atoms with E-state index in [4.69, 9.17) is 5.73 Å². The Morgan fingerprint density at radius 3 is 2.79 bits per heavy atom. The van der Waals surface area contributed by atoms with Crippen LogP contribution in [0.1, 0.15) is 40.4 Å². The maximum absolute atomic E-state index is 13.2. The zero-order valence-corrected chi connectivity index (χ0v) is 15.3. The lowest BCUT2D eigenvalue weighted by Gasteiger charge is -2.23. The van der Waals surface area contributed by atoms with Crippen LogP contribution in [0, 0.1) is 6.92 Å². The van der Waals surface area contributed by atoms with Crippen LogP contribution >= 0.6 is 0 Å². The van der Waals surface area contributed by atoms with Crippen LogP contribution in [0.3, 0.4) is 0 Å². The summed E-state index contributed by atoms with van der Waals surface area (Å²) >= 11 is 0. The number of rotatable bonds is 6. The minimum absolute atomic E-state index is 0.139. The van der Waals surface area contributed by atoms with Gasteiger partial charge in [-0.25, -0.2) is 4.98 Å². The second kappa shape index (κ2) is 8.02. The molecule has 1 unspecified atom stereocenters. The fraction of sp³-hybridized carbons (Fsp3) is 0.300. The van der Waals surface area contributed by atoms with Gasteiger partial charge in [-0.15, -0.1) is 0 Å². The van der Waals surface area contributed by atoms with Crippen molar-refractivity contribution in [2.24, 2.45) is 5.73 Å². The number of aromatic nitrogens is 1. The quantitative estimate of drug-likeness (QED) is 0.653. The van der Waals surface area contributed by atoms with Gasteiger partial charge in [0.25, 0.3) is 0 Å². The van der Waals surface area contributed by atoms with Crippen LogP contribution in [-0.4, -0.2) is 17.8 Å². The molecule has 8 heteroatoms. The van der Waals surface area contributed by atoms with Crippen molar-refractivity contribution in [2.45, 2.75) is 32.0 Å². The largest absolute Gasteiger partial charge is 0.416 e. The van der Waals surface area contributed by atoms with E-state index in [9.17, 15) is 18.0 Å². The molecule has 1 aromatic carbocycles. The van der Waals surface area contributed by atoms with Gasteiger partial charge in [0.05, 0.1) is 5.56 Å². The van der Waals surface area contributed by atoms with Crippen LogP contribution in [0.25, 0.3) is 6.08 Å². The molecule has 0 bridgehead atoms. The van der Waals surface area contributed by atoms with Gasteiger partial charge < -0.3 is 21.2 Å². The van der Waals surface area contributed by atoms with Gasteiger partial charge in [-0.05, 0) is 67.9 Å². The Bertz CT molecular complexity index is 909. The summed E-state index contributed by atoms with van der Waals surface area (Å²) in [7, 11) is 0. The number of carbonyl (C=O) groups excluding carboxylic acids is 1. The SMILES string of the molecule is Cc1ccc(Nc2nc(CCCN)cc3c2C(C=O)NC=C3)cc1C(F)(F)F. The van der Waals surface area contributed by atoms with E-state index in [0.717, 1.165) is 30.0 Å². The van der Waals surface area contributed by atoms with Crippen molar-refractivity contribution in [1.29, 1.82) is 0 Å². The number of carbonyl (C=O) groups is 1. The number of aryl methyl sites for hydroxylation is 2. The van der Waals surface area contributed by atoms with E-state index >= 15 is 0 Å². The molecule has 1 aliphatic heterocycles. The highest BCUT2D eigenvalue weighted by atomic mass is 19.4. The summed E-state index contributed by atoms with van der Waals surface area (Å²) in [6.07, 6.45) is 1.13. The minimum atomic E-state index is -4.45. The molecular weight excluding hydrogens is 369 g/mol. The summed E-state index contributed by atoms with van der Waals surface area (Å²) in [4.78, 5) is 16.0. The molecule has 0 saturated heterocycles. The maximum Gasteiger partial charge on any atom is 0.416 e. The normalized spacial score (nSPS) is 15.7. The predicted octanol–water partition coefficient (Wildman–Crippen LogP) is 3.86. The molecule has 0 spiro atoms. The van der Waals surface area contributed by atoms with E-state index in [0.29, 0.717) is 24.3 Å². The lowest BCUT2D eigenvalue weighted by Crippen LogP contribution is -2.23. The molecule has 1 aliphatic rings. The molecule has 5 nitrogen and oxygen atoms in total. The molecular formula is C20H21F3N4O. The van der Waals surface area contributed by atoms with E-state index in [-0.39, 0.29) is 11.3 Å². The smallest absolute Gasteiger partial charge is 0.378 e. The van der Waals surface area contributed by atoms with E-state index in [1.54, 1.807) is 12.3 Å². The molecule has 2 aromatic rings. The molecule has 1 atom stereocenters. The summed E-state index contributed by atoms with van der Waals surface area (Å²) in [5.41, 5.74) is 7.40. The van der Waals surface area contributed by atoms with Crippen molar-refractivity contribution in [3.8, 4) is 0 Å². The average molecular weight is 390 g/mol. The first kappa shape index (κ1) is 19.9. The Hall–Kier alpha value is -2.87. The monoisotopic (exact) mass is 390 g/mol. The zero-order chi connectivity index (χ0) is 20.3. The summed E-state index contributed by atoms with van der Waals surface area (Å²) in [5.74, 6) is 0.357. The van der Waals surface area contributed by atoms with Gasteiger partial charge in [-0.1, -0.05) is 6.07 Å². The van der Waals surface area contributed by atoms with Crippen LogP contribution < -0.4 is 16.4 Å². The van der Waals surface area contributed by atoms with Gasteiger partial charge in [-0.3, -0.25) is 0 Å². The molecule has 0 amide bonds. The van der Waals surface area contributed by atoms with Crippen molar-refractivity contribution >= 4 is 23.9 Å². The first-order valence-corrected chi connectivity index (χ1v) is 8.90. The van der Waals surface area contributed by atoms with Gasteiger partial charge in [0.15, 0.2) is 0 Å². The number of pyridine rings is 1. The van der Waals surface area contributed by atoms with Crippen LogP contribution in [0.5, 0.6) is 0 Å². The van der Waals surface area contributed by atoms with Gasteiger partial charge >= 0.3 is 6.18 Å². The maximum atomic E-state index is 13.2. The van der Waals surface area contributed by atoms with Crippen LogP contribution in [0.15, 0.2) is 30.5 Å². The highest BCUT2D eigenvalue weighted by Crippen LogP contribution is 2.36. The van der Waals surface area contributed by atoms with Gasteiger partial charge in [0.2, 0.25) is 0 Å². The molecule has 0 saturated carbocycles. The molecule has 0 fully saturated rings. The van der Waals surface area contributed by atoms with E-state index in [1.165, 1.54) is 13.0 Å². The summed E-state index contributed by atoms with van der Waals surface area (Å²) in [5, 5.41) is 5.91. The number of alkyl halides is 3. The minimum Gasteiger partial charge on any atom is -0.378 e. The average Bonchev–Trinajstić information content (AvgIpc) is 2.66. The standard InChI is InChI=1S/C20H21F3N4O/c1-12-4-5-15(10-16(12)20(21,22)23)27-19-18-13(6-8-25-17(18)11-28)9-14(26-19)3-2-7-24/h4-6,8-11,17,25H,2-3,7,24H2,1H3,(H,26,27). The lowest BCUT2D eigenvalue weighted by molar-refractivity contribution is -0.138. The molecule has 28 heavy (non-hydrogen) atoms. The number of anilines is 2. The number of halogens is 3. The Labute approximate surface area is 160 Å². The summed E-state index contributed by atoms with van der Waals surface area (Å²) < 4.78 is 39.7. The number of fused-ring (bicyclic) bond motifs is 1. The summed E-state index contributed by atoms with van der Waals surface area (Å²) in [6.45, 7) is 1.92. The van der Waals surface area contributed by atoms with E-state index < -0.39 is 17.8 Å². The fourth-order valence-corrected chi connectivity index (χ4v) is 3.18. The Morgan fingerprint density at radius 2 is 2.11 bits per heavy atom.